The molecule has 3 N–H and O–H groups in total. The molecule has 0 aliphatic carbocycles. The van der Waals surface area contributed by atoms with E-state index in [-0.39, 0.29) is 11.8 Å². The lowest BCUT2D eigenvalue weighted by Gasteiger charge is -2.11. The van der Waals surface area contributed by atoms with Gasteiger partial charge in [-0.05, 0) is 31.4 Å². The van der Waals surface area contributed by atoms with Gasteiger partial charge in [0.15, 0.2) is 0 Å². The Kier molecular flexibility index (Phi) is 5.43. The molecule has 5 nitrogen and oxygen atoms in total. The summed E-state index contributed by atoms with van der Waals surface area (Å²) in [5.74, 6) is 0.684. The van der Waals surface area contributed by atoms with Gasteiger partial charge in [-0.1, -0.05) is 13.3 Å². The third kappa shape index (κ3) is 4.37. The normalized spacial score (nSPS) is 10.6. The summed E-state index contributed by atoms with van der Waals surface area (Å²) >= 11 is 0. The predicted octanol–water partition coefficient (Wildman–Crippen LogP) is 2.59. The molecule has 2 rings (SSSR count). The number of nitrogen functional groups attached to an aromatic ring is 1. The number of halogens is 1. The lowest BCUT2D eigenvalue weighted by molar-refractivity contribution is 0.597. The van der Waals surface area contributed by atoms with E-state index in [0.29, 0.717) is 18.5 Å². The van der Waals surface area contributed by atoms with Crippen LogP contribution in [0.15, 0.2) is 24.5 Å². The molecule has 0 aromatic carbocycles. The van der Waals surface area contributed by atoms with Crippen molar-refractivity contribution in [3.63, 3.8) is 0 Å². The van der Waals surface area contributed by atoms with Gasteiger partial charge in [0.25, 0.3) is 0 Å². The van der Waals surface area contributed by atoms with E-state index in [1.54, 1.807) is 18.5 Å². The van der Waals surface area contributed by atoms with Crippen LogP contribution < -0.4 is 11.1 Å². The van der Waals surface area contributed by atoms with Crippen LogP contribution in [0, 0.1) is 5.82 Å². The van der Waals surface area contributed by atoms with Gasteiger partial charge >= 0.3 is 0 Å². The quantitative estimate of drug-likeness (QED) is 0.766. The summed E-state index contributed by atoms with van der Waals surface area (Å²) in [5, 5.41) is 3.26. The highest BCUT2D eigenvalue weighted by Gasteiger charge is 2.08. The predicted molar refractivity (Wildman–Crippen MR) is 81.4 cm³/mol. The van der Waals surface area contributed by atoms with Gasteiger partial charge in [0, 0.05) is 24.5 Å². The number of nitrogens with zero attached hydrogens (tertiary/aromatic N) is 3. The molecule has 0 radical (unpaired) electrons. The number of nitrogens with one attached hydrogen (secondary N) is 1. The van der Waals surface area contributed by atoms with Crippen molar-refractivity contribution in [1.82, 2.24) is 15.0 Å². The molecule has 0 aliphatic rings. The third-order valence-electron chi connectivity index (χ3n) is 3.17. The van der Waals surface area contributed by atoms with Gasteiger partial charge in [0.2, 0.25) is 5.95 Å². The summed E-state index contributed by atoms with van der Waals surface area (Å²) in [6.07, 6.45) is 6.56. The van der Waals surface area contributed by atoms with Crippen LogP contribution >= 0.6 is 0 Å². The first-order valence-corrected chi connectivity index (χ1v) is 7.15. The molecule has 0 amide bonds. The number of anilines is 2. The van der Waals surface area contributed by atoms with Crippen molar-refractivity contribution in [2.45, 2.75) is 32.6 Å². The van der Waals surface area contributed by atoms with Crippen molar-refractivity contribution in [3.8, 4) is 0 Å². The van der Waals surface area contributed by atoms with Crippen molar-refractivity contribution in [2.24, 2.45) is 0 Å². The highest BCUT2D eigenvalue weighted by atomic mass is 19.1. The van der Waals surface area contributed by atoms with Gasteiger partial charge in [-0.2, -0.15) is 4.98 Å². The third-order valence-corrected chi connectivity index (χ3v) is 3.17. The number of nitrogens with two attached hydrogens (primary N) is 1. The first-order valence-electron chi connectivity index (χ1n) is 7.15. The molecule has 0 atom stereocenters. The molecule has 0 aliphatic heterocycles. The Morgan fingerprint density at radius 1 is 1.29 bits per heavy atom. The van der Waals surface area contributed by atoms with Crippen molar-refractivity contribution in [1.29, 1.82) is 0 Å². The lowest BCUT2D eigenvalue weighted by Crippen LogP contribution is -2.10. The molecular weight excluding hydrogens is 269 g/mol. The first-order chi connectivity index (χ1) is 10.2. The van der Waals surface area contributed by atoms with Crippen molar-refractivity contribution < 1.29 is 4.39 Å². The Labute approximate surface area is 123 Å². The maximum absolute atomic E-state index is 13.6. The van der Waals surface area contributed by atoms with Gasteiger partial charge in [0.1, 0.15) is 11.6 Å². The monoisotopic (exact) mass is 289 g/mol. The zero-order chi connectivity index (χ0) is 15.1. The summed E-state index contributed by atoms with van der Waals surface area (Å²) in [6, 6.07) is 3.01. The number of aryl methyl sites for hydroxylation is 2. The topological polar surface area (TPSA) is 76.7 Å². The van der Waals surface area contributed by atoms with Crippen LogP contribution in [0.5, 0.6) is 0 Å². The summed E-state index contributed by atoms with van der Waals surface area (Å²) in [5.41, 5.74) is 7.00. The molecule has 2 aromatic rings. The van der Waals surface area contributed by atoms with Crippen molar-refractivity contribution >= 4 is 11.8 Å². The number of aromatic nitrogens is 3. The van der Waals surface area contributed by atoms with Crippen molar-refractivity contribution in [3.05, 3.63) is 41.6 Å². The van der Waals surface area contributed by atoms with Crippen LogP contribution in [0.4, 0.5) is 16.2 Å². The maximum atomic E-state index is 13.6. The summed E-state index contributed by atoms with van der Waals surface area (Å²) in [7, 11) is 0. The van der Waals surface area contributed by atoms with E-state index in [2.05, 4.69) is 27.2 Å². The molecular formula is C15H20FN5. The van der Waals surface area contributed by atoms with E-state index in [1.807, 2.05) is 0 Å². The molecule has 0 spiro atoms. The van der Waals surface area contributed by atoms with Gasteiger partial charge in [-0.15, -0.1) is 0 Å². The Morgan fingerprint density at radius 3 is 2.90 bits per heavy atom. The smallest absolute Gasteiger partial charge is 0.221 e. The highest BCUT2D eigenvalue weighted by molar-refractivity contribution is 5.46. The van der Waals surface area contributed by atoms with Crippen LogP contribution in [-0.2, 0) is 12.8 Å². The Hall–Kier alpha value is -2.24. The second kappa shape index (κ2) is 7.52. The van der Waals surface area contributed by atoms with Crippen LogP contribution in [0.25, 0.3) is 0 Å². The van der Waals surface area contributed by atoms with E-state index in [0.717, 1.165) is 30.8 Å². The number of unbranched alkanes of at least 4 members (excludes halogenated alkanes) is 1. The second-order valence-electron chi connectivity index (χ2n) is 4.81. The number of rotatable bonds is 7. The van der Waals surface area contributed by atoms with Gasteiger partial charge < -0.3 is 11.1 Å². The molecule has 21 heavy (non-hydrogen) atoms. The Morgan fingerprint density at radius 2 is 2.14 bits per heavy atom. The Bertz CT molecular complexity index is 588. The zero-order valence-electron chi connectivity index (χ0n) is 12.1. The molecule has 0 unspecified atom stereocenters. The minimum Gasteiger partial charge on any atom is -0.370 e. The van der Waals surface area contributed by atoms with Crippen LogP contribution in [0.2, 0.25) is 0 Å². The molecule has 0 saturated carbocycles. The zero-order valence-corrected chi connectivity index (χ0v) is 12.1. The van der Waals surface area contributed by atoms with E-state index < -0.39 is 0 Å². The second-order valence-corrected chi connectivity index (χ2v) is 4.81. The molecule has 0 saturated heterocycles. The van der Waals surface area contributed by atoms with Crippen molar-refractivity contribution in [2.75, 3.05) is 17.6 Å². The SMILES string of the molecule is CCCCNc1nc(N)ncc1CCc1ncccc1F. The fourth-order valence-electron chi connectivity index (χ4n) is 2.00. The average molecular weight is 289 g/mol. The van der Waals surface area contributed by atoms with Gasteiger partial charge in [-0.3, -0.25) is 4.98 Å². The van der Waals surface area contributed by atoms with E-state index in [9.17, 15) is 4.39 Å². The molecule has 0 fully saturated rings. The summed E-state index contributed by atoms with van der Waals surface area (Å²) < 4.78 is 13.6. The minimum absolute atomic E-state index is 0.238. The van der Waals surface area contributed by atoms with E-state index in [1.165, 1.54) is 6.07 Å². The highest BCUT2D eigenvalue weighted by Crippen LogP contribution is 2.16. The maximum Gasteiger partial charge on any atom is 0.221 e. The van der Waals surface area contributed by atoms with E-state index in [4.69, 9.17) is 5.73 Å². The first kappa shape index (κ1) is 15.2. The number of hydrogen-bond donors (Lipinski definition) is 2. The molecule has 2 aromatic heterocycles. The number of hydrogen-bond acceptors (Lipinski definition) is 5. The van der Waals surface area contributed by atoms with E-state index >= 15 is 0 Å². The lowest BCUT2D eigenvalue weighted by atomic mass is 10.1. The fraction of sp³-hybridized carbons (Fsp3) is 0.400. The molecule has 0 bridgehead atoms. The number of pyridine rings is 1. The Balaban J connectivity index is 2.06. The minimum atomic E-state index is -0.283. The summed E-state index contributed by atoms with van der Waals surface area (Å²) in [4.78, 5) is 12.3. The molecule has 112 valence electrons. The molecule has 6 heteroatoms. The largest absolute Gasteiger partial charge is 0.370 e. The standard InChI is InChI=1S/C15H20FN5/c1-2-3-8-19-14-11(10-20-15(17)21-14)6-7-13-12(16)5-4-9-18-13/h4-5,9-10H,2-3,6-8H2,1H3,(H3,17,19,20,21). The summed E-state index contributed by atoms with van der Waals surface area (Å²) in [6.45, 7) is 2.96. The average Bonchev–Trinajstić information content (AvgIpc) is 2.48. The van der Waals surface area contributed by atoms with Crippen LogP contribution in [0.3, 0.4) is 0 Å². The fourth-order valence-corrected chi connectivity index (χ4v) is 2.00. The van der Waals surface area contributed by atoms with Gasteiger partial charge in [-0.25, -0.2) is 9.37 Å². The van der Waals surface area contributed by atoms with Gasteiger partial charge in [0.05, 0.1) is 5.69 Å². The van der Waals surface area contributed by atoms with Crippen LogP contribution in [-0.4, -0.2) is 21.5 Å². The van der Waals surface area contributed by atoms with Crippen LogP contribution in [0.1, 0.15) is 31.0 Å². The molecule has 2 heterocycles.